The highest BCUT2D eigenvalue weighted by Gasteiger charge is 2.17. The Balaban J connectivity index is 1.72. The third kappa shape index (κ3) is 3.70. The van der Waals surface area contributed by atoms with E-state index in [-0.39, 0.29) is 16.6 Å². The minimum atomic E-state index is -3.93. The molecule has 0 fully saturated rings. The maximum absolute atomic E-state index is 13.2. The molecule has 5 nitrogen and oxygen atoms in total. The van der Waals surface area contributed by atoms with Crippen LogP contribution in [0, 0.1) is 11.6 Å². The molecule has 1 aromatic heterocycles. The zero-order valence-corrected chi connectivity index (χ0v) is 13.4. The molecule has 0 amide bonds. The van der Waals surface area contributed by atoms with Crippen LogP contribution in [0.1, 0.15) is 12.8 Å². The summed E-state index contributed by atoms with van der Waals surface area (Å²) in [6.45, 7) is 0. The standard InChI is InChI=1S/C16H15F2N3O2S/c17-14-7-5-12(9-15(14)18)21-24(22,23)13-6-8-16(19-10-13)20-11-3-1-2-4-11/h1-2,5-11,21H,3-4H2,(H,19,20). The molecular weight excluding hydrogens is 336 g/mol. The minimum Gasteiger partial charge on any atom is -0.367 e. The van der Waals surface area contributed by atoms with Crippen LogP contribution < -0.4 is 10.0 Å². The van der Waals surface area contributed by atoms with Crippen LogP contribution in [0.5, 0.6) is 0 Å². The number of rotatable bonds is 5. The van der Waals surface area contributed by atoms with Gasteiger partial charge in [0.05, 0.1) is 5.69 Å². The predicted octanol–water partition coefficient (Wildman–Crippen LogP) is 3.29. The van der Waals surface area contributed by atoms with Gasteiger partial charge in [0.1, 0.15) is 10.7 Å². The maximum atomic E-state index is 13.2. The summed E-state index contributed by atoms with van der Waals surface area (Å²) in [7, 11) is -3.93. The zero-order chi connectivity index (χ0) is 17.2. The number of hydrogen-bond acceptors (Lipinski definition) is 4. The number of halogens is 2. The molecule has 2 aromatic rings. The first-order chi connectivity index (χ1) is 11.4. The van der Waals surface area contributed by atoms with Crippen molar-refractivity contribution in [2.24, 2.45) is 0 Å². The summed E-state index contributed by atoms with van der Waals surface area (Å²) in [5, 5.41) is 3.20. The van der Waals surface area contributed by atoms with E-state index < -0.39 is 21.7 Å². The molecule has 1 aliphatic carbocycles. The fourth-order valence-corrected chi connectivity index (χ4v) is 3.34. The summed E-state index contributed by atoms with van der Waals surface area (Å²) < 4.78 is 52.8. The Hall–Kier alpha value is -2.48. The van der Waals surface area contributed by atoms with Gasteiger partial charge >= 0.3 is 0 Å². The fourth-order valence-electron chi connectivity index (χ4n) is 2.34. The molecule has 0 bridgehead atoms. The second-order valence-corrected chi connectivity index (χ2v) is 7.08. The predicted molar refractivity (Wildman–Crippen MR) is 87.2 cm³/mol. The normalized spacial score (nSPS) is 14.8. The van der Waals surface area contributed by atoms with Gasteiger partial charge in [0.25, 0.3) is 10.0 Å². The Kier molecular flexibility index (Phi) is 4.48. The second kappa shape index (κ2) is 6.56. The summed E-state index contributed by atoms with van der Waals surface area (Å²) in [5.41, 5.74) is -0.0619. The van der Waals surface area contributed by atoms with Gasteiger partial charge in [-0.05, 0) is 37.1 Å². The van der Waals surface area contributed by atoms with E-state index in [2.05, 4.69) is 27.2 Å². The highest BCUT2D eigenvalue weighted by Crippen LogP contribution is 2.20. The summed E-state index contributed by atoms with van der Waals surface area (Å²) in [5.74, 6) is -1.59. The molecule has 1 aliphatic rings. The second-order valence-electron chi connectivity index (χ2n) is 5.40. The van der Waals surface area contributed by atoms with Gasteiger partial charge in [-0.15, -0.1) is 0 Å². The number of anilines is 2. The smallest absolute Gasteiger partial charge is 0.263 e. The van der Waals surface area contributed by atoms with E-state index in [1.165, 1.54) is 12.3 Å². The van der Waals surface area contributed by atoms with Gasteiger partial charge in [0.15, 0.2) is 11.6 Å². The number of aromatic nitrogens is 1. The Morgan fingerprint density at radius 2 is 1.79 bits per heavy atom. The summed E-state index contributed by atoms with van der Waals surface area (Å²) in [6, 6.07) is 6.02. The SMILES string of the molecule is O=S(=O)(Nc1ccc(F)c(F)c1)c1ccc(NC2CC=CC2)nc1. The van der Waals surface area contributed by atoms with Crippen LogP contribution in [-0.2, 0) is 10.0 Å². The molecule has 0 spiro atoms. The minimum absolute atomic E-state index is 0.0619. The van der Waals surface area contributed by atoms with Crippen molar-refractivity contribution in [1.29, 1.82) is 0 Å². The Morgan fingerprint density at radius 3 is 2.42 bits per heavy atom. The molecule has 0 saturated heterocycles. The number of benzene rings is 1. The molecule has 0 radical (unpaired) electrons. The van der Waals surface area contributed by atoms with Crippen molar-refractivity contribution in [3.8, 4) is 0 Å². The average Bonchev–Trinajstić information content (AvgIpc) is 3.04. The Morgan fingerprint density at radius 1 is 1.04 bits per heavy atom. The highest BCUT2D eigenvalue weighted by atomic mass is 32.2. The lowest BCUT2D eigenvalue weighted by molar-refractivity contribution is 0.509. The van der Waals surface area contributed by atoms with Crippen LogP contribution in [-0.4, -0.2) is 19.4 Å². The first-order valence-electron chi connectivity index (χ1n) is 7.29. The monoisotopic (exact) mass is 351 g/mol. The summed E-state index contributed by atoms with van der Waals surface area (Å²) in [6.07, 6.45) is 7.16. The van der Waals surface area contributed by atoms with Gasteiger partial charge in [0.2, 0.25) is 0 Å². The first-order valence-corrected chi connectivity index (χ1v) is 8.78. The lowest BCUT2D eigenvalue weighted by atomic mass is 10.2. The van der Waals surface area contributed by atoms with Crippen molar-refractivity contribution in [2.75, 3.05) is 10.0 Å². The van der Waals surface area contributed by atoms with Crippen LogP contribution in [0.15, 0.2) is 53.6 Å². The molecule has 2 N–H and O–H groups in total. The first kappa shape index (κ1) is 16.4. The zero-order valence-electron chi connectivity index (χ0n) is 12.5. The van der Waals surface area contributed by atoms with Crippen molar-refractivity contribution in [2.45, 2.75) is 23.8 Å². The molecule has 0 atom stereocenters. The Bertz CT molecular complexity index is 859. The van der Waals surface area contributed by atoms with Crippen molar-refractivity contribution < 1.29 is 17.2 Å². The van der Waals surface area contributed by atoms with Gasteiger partial charge in [-0.1, -0.05) is 12.2 Å². The lowest BCUT2D eigenvalue weighted by Gasteiger charge is -2.13. The van der Waals surface area contributed by atoms with Crippen LogP contribution in [0.25, 0.3) is 0 Å². The van der Waals surface area contributed by atoms with E-state index >= 15 is 0 Å². The van der Waals surface area contributed by atoms with Gasteiger partial charge in [0, 0.05) is 18.3 Å². The van der Waals surface area contributed by atoms with Gasteiger partial charge in [-0.25, -0.2) is 22.2 Å². The van der Waals surface area contributed by atoms with E-state index in [1.807, 2.05) is 0 Å². The van der Waals surface area contributed by atoms with Crippen molar-refractivity contribution in [3.05, 3.63) is 60.3 Å². The molecule has 1 heterocycles. The number of sulfonamides is 1. The van der Waals surface area contributed by atoms with E-state index in [4.69, 9.17) is 0 Å². The van der Waals surface area contributed by atoms with E-state index in [1.54, 1.807) is 6.07 Å². The lowest BCUT2D eigenvalue weighted by Crippen LogP contribution is -2.17. The third-order valence-corrected chi connectivity index (χ3v) is 4.94. The highest BCUT2D eigenvalue weighted by molar-refractivity contribution is 7.92. The van der Waals surface area contributed by atoms with Crippen molar-refractivity contribution in [1.82, 2.24) is 4.98 Å². The number of nitrogens with zero attached hydrogens (tertiary/aromatic N) is 1. The van der Waals surface area contributed by atoms with Crippen molar-refractivity contribution >= 4 is 21.5 Å². The van der Waals surface area contributed by atoms with E-state index in [0.717, 1.165) is 31.0 Å². The molecular formula is C16H15F2N3O2S. The molecule has 0 aliphatic heterocycles. The Labute approximate surface area is 138 Å². The molecule has 8 heteroatoms. The van der Waals surface area contributed by atoms with Crippen LogP contribution in [0.3, 0.4) is 0 Å². The van der Waals surface area contributed by atoms with Gasteiger partial charge < -0.3 is 5.32 Å². The topological polar surface area (TPSA) is 71.1 Å². The average molecular weight is 351 g/mol. The molecule has 0 saturated carbocycles. The molecule has 0 unspecified atom stereocenters. The van der Waals surface area contributed by atoms with Gasteiger partial charge in [-0.3, -0.25) is 4.72 Å². The van der Waals surface area contributed by atoms with Gasteiger partial charge in [-0.2, -0.15) is 0 Å². The third-order valence-electron chi connectivity index (χ3n) is 3.58. The van der Waals surface area contributed by atoms with E-state index in [9.17, 15) is 17.2 Å². The fraction of sp³-hybridized carbons (Fsp3) is 0.188. The molecule has 1 aromatic carbocycles. The van der Waals surface area contributed by atoms with Crippen LogP contribution >= 0.6 is 0 Å². The van der Waals surface area contributed by atoms with Crippen LogP contribution in [0.4, 0.5) is 20.3 Å². The summed E-state index contributed by atoms with van der Waals surface area (Å²) >= 11 is 0. The quantitative estimate of drug-likeness (QED) is 0.811. The molecule has 3 rings (SSSR count). The van der Waals surface area contributed by atoms with E-state index in [0.29, 0.717) is 5.82 Å². The number of hydrogen-bond donors (Lipinski definition) is 2. The molecule has 24 heavy (non-hydrogen) atoms. The summed E-state index contributed by atoms with van der Waals surface area (Å²) in [4.78, 5) is 4.02. The number of nitrogens with one attached hydrogen (secondary N) is 2. The largest absolute Gasteiger partial charge is 0.367 e. The number of pyridine rings is 1. The van der Waals surface area contributed by atoms with Crippen LogP contribution in [0.2, 0.25) is 0 Å². The van der Waals surface area contributed by atoms with Crippen molar-refractivity contribution in [3.63, 3.8) is 0 Å². The maximum Gasteiger partial charge on any atom is 0.263 e. The molecule has 126 valence electrons.